The maximum atomic E-state index is 12.7. The third-order valence-corrected chi connectivity index (χ3v) is 4.40. The number of carbonyl (C=O) groups excluding carboxylic acids is 2. The van der Waals surface area contributed by atoms with Gasteiger partial charge in [0.05, 0.1) is 5.92 Å². The lowest BCUT2D eigenvalue weighted by molar-refractivity contribution is -0.138. The van der Waals surface area contributed by atoms with Crippen molar-refractivity contribution < 1.29 is 9.59 Å². The molecule has 1 saturated heterocycles. The summed E-state index contributed by atoms with van der Waals surface area (Å²) in [7, 11) is 0. The van der Waals surface area contributed by atoms with E-state index in [1.165, 1.54) is 0 Å². The number of amides is 2. The van der Waals surface area contributed by atoms with Gasteiger partial charge in [-0.2, -0.15) is 0 Å². The zero-order chi connectivity index (χ0) is 14.8. The molecule has 1 heterocycles. The summed E-state index contributed by atoms with van der Waals surface area (Å²) in [6.07, 6.45) is 3.28. The first-order valence-electron chi connectivity index (χ1n) is 7.45. The quantitative estimate of drug-likeness (QED) is 0.928. The average Bonchev–Trinajstić information content (AvgIpc) is 3.31. The van der Waals surface area contributed by atoms with Crippen LogP contribution in [0.25, 0.3) is 0 Å². The van der Waals surface area contributed by atoms with E-state index in [2.05, 4.69) is 5.32 Å². The van der Waals surface area contributed by atoms with Gasteiger partial charge in [-0.1, -0.05) is 23.7 Å². The molecule has 1 saturated carbocycles. The van der Waals surface area contributed by atoms with E-state index in [4.69, 9.17) is 11.6 Å². The van der Waals surface area contributed by atoms with Crippen molar-refractivity contribution in [3.63, 3.8) is 0 Å². The molecule has 1 aliphatic carbocycles. The van der Waals surface area contributed by atoms with Gasteiger partial charge in [0.2, 0.25) is 11.8 Å². The second kappa shape index (κ2) is 6.06. The normalized spacial score (nSPS) is 21.8. The molecule has 0 bridgehead atoms. The number of hydrogen-bond acceptors (Lipinski definition) is 2. The number of hydrogen-bond donors (Lipinski definition) is 1. The molecule has 3 rings (SSSR count). The number of nitrogens with zero attached hydrogens (tertiary/aromatic N) is 1. The van der Waals surface area contributed by atoms with Crippen molar-refractivity contribution in [2.45, 2.75) is 38.3 Å². The Kier molecular flexibility index (Phi) is 4.15. The lowest BCUT2D eigenvalue weighted by atomic mass is 9.97. The van der Waals surface area contributed by atoms with Gasteiger partial charge in [0.15, 0.2) is 0 Å². The minimum atomic E-state index is -0.0735. The van der Waals surface area contributed by atoms with E-state index >= 15 is 0 Å². The zero-order valence-corrected chi connectivity index (χ0v) is 12.6. The van der Waals surface area contributed by atoms with E-state index in [1.54, 1.807) is 0 Å². The third-order valence-electron chi connectivity index (χ3n) is 4.15. The van der Waals surface area contributed by atoms with Crippen molar-refractivity contribution in [1.29, 1.82) is 0 Å². The van der Waals surface area contributed by atoms with Gasteiger partial charge in [-0.05, 0) is 37.0 Å². The highest BCUT2D eigenvalue weighted by atomic mass is 35.5. The highest BCUT2D eigenvalue weighted by Gasteiger charge is 2.36. The fraction of sp³-hybridized carbons (Fsp3) is 0.500. The van der Waals surface area contributed by atoms with E-state index in [0.717, 1.165) is 18.4 Å². The molecule has 5 heteroatoms. The van der Waals surface area contributed by atoms with Crippen LogP contribution >= 0.6 is 11.6 Å². The molecule has 2 aliphatic rings. The second-order valence-corrected chi connectivity index (χ2v) is 6.30. The minimum absolute atomic E-state index is 0.0507. The van der Waals surface area contributed by atoms with Crippen molar-refractivity contribution in [2.75, 3.05) is 6.54 Å². The van der Waals surface area contributed by atoms with Crippen LogP contribution in [0, 0.1) is 5.92 Å². The molecule has 112 valence electrons. The summed E-state index contributed by atoms with van der Waals surface area (Å²) in [5, 5.41) is 3.50. The van der Waals surface area contributed by atoms with E-state index < -0.39 is 0 Å². The van der Waals surface area contributed by atoms with Gasteiger partial charge in [-0.15, -0.1) is 0 Å². The smallest absolute Gasteiger partial charge is 0.228 e. The number of nitrogens with one attached hydrogen (secondary N) is 1. The Hall–Kier alpha value is -1.55. The van der Waals surface area contributed by atoms with Gasteiger partial charge in [0.25, 0.3) is 0 Å². The summed E-state index contributed by atoms with van der Waals surface area (Å²) in [6, 6.07) is 8.01. The van der Waals surface area contributed by atoms with Crippen molar-refractivity contribution in [1.82, 2.24) is 10.2 Å². The van der Waals surface area contributed by atoms with Crippen LogP contribution in [0.4, 0.5) is 0 Å². The maximum absolute atomic E-state index is 12.7. The first-order chi connectivity index (χ1) is 10.1. The fourth-order valence-corrected chi connectivity index (χ4v) is 2.86. The summed E-state index contributed by atoms with van der Waals surface area (Å²) in [5.74, 6) is 0.151. The standard InChI is InChI=1S/C16H19ClN2O2/c17-13-4-1-11(2-5-13)10-19(14-6-7-14)16(21)12-3-8-15(20)18-9-12/h1-2,4-5,12,14H,3,6-10H2,(H,18,20). The van der Waals surface area contributed by atoms with Gasteiger partial charge in [0, 0.05) is 30.6 Å². The van der Waals surface area contributed by atoms with Gasteiger partial charge >= 0.3 is 0 Å². The molecule has 21 heavy (non-hydrogen) atoms. The summed E-state index contributed by atoms with van der Waals surface area (Å²) < 4.78 is 0. The summed E-state index contributed by atoms with van der Waals surface area (Å²) >= 11 is 5.90. The fourth-order valence-electron chi connectivity index (χ4n) is 2.74. The average molecular weight is 307 g/mol. The monoisotopic (exact) mass is 306 g/mol. The third kappa shape index (κ3) is 3.56. The van der Waals surface area contributed by atoms with Crippen molar-refractivity contribution in [3.05, 3.63) is 34.9 Å². The second-order valence-electron chi connectivity index (χ2n) is 5.86. The van der Waals surface area contributed by atoms with Crippen LogP contribution in [-0.4, -0.2) is 29.3 Å². The van der Waals surface area contributed by atoms with Gasteiger partial charge < -0.3 is 10.2 Å². The first kappa shape index (κ1) is 14.4. The van der Waals surface area contributed by atoms with Crippen LogP contribution in [-0.2, 0) is 16.1 Å². The minimum Gasteiger partial charge on any atom is -0.355 e. The molecular weight excluding hydrogens is 288 g/mol. The molecule has 1 aromatic carbocycles. The van der Waals surface area contributed by atoms with Crippen LogP contribution in [0.2, 0.25) is 5.02 Å². The first-order valence-corrected chi connectivity index (χ1v) is 7.83. The SMILES string of the molecule is O=C1CCC(C(=O)N(Cc2ccc(Cl)cc2)C2CC2)CN1. The Balaban J connectivity index is 1.67. The zero-order valence-electron chi connectivity index (χ0n) is 11.8. The van der Waals surface area contributed by atoms with Crippen LogP contribution in [0.3, 0.4) is 0 Å². The Morgan fingerprint density at radius 1 is 1.24 bits per heavy atom. The number of benzene rings is 1. The van der Waals surface area contributed by atoms with Crippen LogP contribution in [0.1, 0.15) is 31.2 Å². The van der Waals surface area contributed by atoms with E-state index in [-0.39, 0.29) is 17.7 Å². The molecule has 1 aromatic rings. The number of rotatable bonds is 4. The van der Waals surface area contributed by atoms with Gasteiger partial charge in [0.1, 0.15) is 0 Å². The Morgan fingerprint density at radius 2 is 1.95 bits per heavy atom. The number of piperidine rings is 1. The van der Waals surface area contributed by atoms with Crippen molar-refractivity contribution >= 4 is 23.4 Å². The topological polar surface area (TPSA) is 49.4 Å². The molecule has 1 atom stereocenters. The molecule has 0 aromatic heterocycles. The maximum Gasteiger partial charge on any atom is 0.228 e. The van der Waals surface area contributed by atoms with Crippen molar-refractivity contribution in [3.8, 4) is 0 Å². The largest absolute Gasteiger partial charge is 0.355 e. The van der Waals surface area contributed by atoms with Gasteiger partial charge in [-0.3, -0.25) is 9.59 Å². The van der Waals surface area contributed by atoms with E-state index in [0.29, 0.717) is 37.0 Å². The molecule has 0 radical (unpaired) electrons. The molecular formula is C16H19ClN2O2. The number of halogens is 1. The molecule has 1 aliphatic heterocycles. The molecule has 1 unspecified atom stereocenters. The molecule has 0 spiro atoms. The van der Waals surface area contributed by atoms with Gasteiger partial charge in [-0.25, -0.2) is 0 Å². The lowest BCUT2D eigenvalue weighted by Crippen LogP contribution is -2.45. The van der Waals surface area contributed by atoms with E-state index in [9.17, 15) is 9.59 Å². The molecule has 1 N–H and O–H groups in total. The highest BCUT2D eigenvalue weighted by molar-refractivity contribution is 6.30. The Labute approximate surface area is 129 Å². The number of carbonyl (C=O) groups is 2. The van der Waals surface area contributed by atoms with Crippen molar-refractivity contribution in [2.24, 2.45) is 5.92 Å². The Bertz CT molecular complexity index is 530. The summed E-state index contributed by atoms with van der Waals surface area (Å²) in [5.41, 5.74) is 1.10. The molecule has 2 amide bonds. The van der Waals surface area contributed by atoms with E-state index in [1.807, 2.05) is 29.2 Å². The predicted octanol–water partition coefficient (Wildman–Crippen LogP) is 2.36. The Morgan fingerprint density at radius 3 is 2.52 bits per heavy atom. The highest BCUT2D eigenvalue weighted by Crippen LogP contribution is 2.31. The molecule has 4 nitrogen and oxygen atoms in total. The lowest BCUT2D eigenvalue weighted by Gasteiger charge is -2.29. The van der Waals surface area contributed by atoms with Crippen LogP contribution < -0.4 is 5.32 Å². The predicted molar refractivity (Wildman–Crippen MR) is 80.8 cm³/mol. The van der Waals surface area contributed by atoms with Crippen LogP contribution in [0.5, 0.6) is 0 Å². The van der Waals surface area contributed by atoms with Crippen LogP contribution in [0.15, 0.2) is 24.3 Å². The summed E-state index contributed by atoms with van der Waals surface area (Å²) in [6.45, 7) is 1.10. The molecule has 2 fully saturated rings. The summed E-state index contributed by atoms with van der Waals surface area (Å²) in [4.78, 5) is 25.9.